The van der Waals surface area contributed by atoms with Crippen LogP contribution in [0.15, 0.2) is 10.2 Å². The van der Waals surface area contributed by atoms with Gasteiger partial charge in [0.2, 0.25) is 5.96 Å². The number of rotatable bonds is 3. The van der Waals surface area contributed by atoms with Crippen LogP contribution in [-0.4, -0.2) is 24.4 Å². The van der Waals surface area contributed by atoms with Gasteiger partial charge in [0.05, 0.1) is 11.8 Å². The van der Waals surface area contributed by atoms with Gasteiger partial charge >= 0.3 is 0 Å². The summed E-state index contributed by atoms with van der Waals surface area (Å²) in [6.45, 7) is 2.67. The zero-order valence-electron chi connectivity index (χ0n) is 7.86. The highest BCUT2D eigenvalue weighted by Gasteiger charge is 2.22. The van der Waals surface area contributed by atoms with E-state index in [0.717, 1.165) is 25.0 Å². The summed E-state index contributed by atoms with van der Waals surface area (Å²) in [7, 11) is 0. The molecule has 0 aromatic rings. The van der Waals surface area contributed by atoms with Crippen LogP contribution in [0.4, 0.5) is 0 Å². The van der Waals surface area contributed by atoms with E-state index in [4.69, 9.17) is 16.2 Å². The van der Waals surface area contributed by atoms with Crippen molar-refractivity contribution in [2.75, 3.05) is 6.61 Å². The maximum atomic E-state index is 5.47. The Bertz CT molecular complexity index is 220. The van der Waals surface area contributed by atoms with Crippen LogP contribution in [0.25, 0.3) is 0 Å². The standard InChI is InChI=1S/C8H16N4O/c1-2-13-7-5-3-4-6(7)11-12-8(9)10/h7H,2-5H2,1H3,(H4,9,10,12)/b11-6+. The highest BCUT2D eigenvalue weighted by molar-refractivity contribution is 5.91. The Morgan fingerprint density at radius 3 is 3.00 bits per heavy atom. The Balaban J connectivity index is 2.57. The third-order valence-electron chi connectivity index (χ3n) is 1.93. The van der Waals surface area contributed by atoms with Gasteiger partial charge in [0, 0.05) is 6.61 Å². The lowest BCUT2D eigenvalue weighted by Gasteiger charge is -2.08. The largest absolute Gasteiger partial charge is 0.372 e. The van der Waals surface area contributed by atoms with Gasteiger partial charge in [-0.15, -0.1) is 5.10 Å². The van der Waals surface area contributed by atoms with Crippen molar-refractivity contribution in [2.45, 2.75) is 32.3 Å². The molecule has 0 aromatic carbocycles. The molecule has 0 amide bonds. The lowest BCUT2D eigenvalue weighted by atomic mass is 10.3. The van der Waals surface area contributed by atoms with Gasteiger partial charge in [0.1, 0.15) is 0 Å². The minimum atomic E-state index is -0.00496. The Hall–Kier alpha value is -1.10. The number of ether oxygens (including phenoxy) is 1. The third-order valence-corrected chi connectivity index (χ3v) is 1.93. The number of nitrogens with two attached hydrogens (primary N) is 2. The van der Waals surface area contributed by atoms with Crippen LogP contribution in [0.3, 0.4) is 0 Å². The SMILES string of the molecule is CCOC1CCC/C1=N\N=C(N)N. The normalized spacial score (nSPS) is 25.0. The second kappa shape index (κ2) is 4.81. The van der Waals surface area contributed by atoms with Crippen LogP contribution >= 0.6 is 0 Å². The molecule has 0 saturated heterocycles. The summed E-state index contributed by atoms with van der Waals surface area (Å²) in [4.78, 5) is 0. The molecule has 5 heteroatoms. The molecule has 0 spiro atoms. The first-order chi connectivity index (χ1) is 6.24. The summed E-state index contributed by atoms with van der Waals surface area (Å²) in [5.74, 6) is -0.00496. The van der Waals surface area contributed by atoms with Crippen LogP contribution in [-0.2, 0) is 4.74 Å². The fourth-order valence-electron chi connectivity index (χ4n) is 1.41. The van der Waals surface area contributed by atoms with E-state index in [-0.39, 0.29) is 12.1 Å². The zero-order valence-corrected chi connectivity index (χ0v) is 7.86. The van der Waals surface area contributed by atoms with Crippen molar-refractivity contribution in [3.8, 4) is 0 Å². The first-order valence-electron chi connectivity index (χ1n) is 4.51. The van der Waals surface area contributed by atoms with Gasteiger partial charge in [-0.25, -0.2) is 0 Å². The van der Waals surface area contributed by atoms with E-state index in [0.29, 0.717) is 6.61 Å². The van der Waals surface area contributed by atoms with Crippen molar-refractivity contribution >= 4 is 11.7 Å². The van der Waals surface area contributed by atoms with E-state index < -0.39 is 0 Å². The summed E-state index contributed by atoms with van der Waals surface area (Å²) in [5.41, 5.74) is 11.3. The first kappa shape index (κ1) is 9.98. The fraction of sp³-hybridized carbons (Fsp3) is 0.750. The van der Waals surface area contributed by atoms with Crippen LogP contribution in [0.2, 0.25) is 0 Å². The number of nitrogens with zero attached hydrogens (tertiary/aromatic N) is 2. The maximum absolute atomic E-state index is 5.47. The van der Waals surface area contributed by atoms with Crippen molar-refractivity contribution < 1.29 is 4.74 Å². The Kier molecular flexibility index (Phi) is 3.70. The number of hydrogen-bond acceptors (Lipinski definition) is 3. The average molecular weight is 184 g/mol. The molecule has 1 aliphatic carbocycles. The van der Waals surface area contributed by atoms with E-state index in [1.165, 1.54) is 0 Å². The van der Waals surface area contributed by atoms with Gasteiger partial charge < -0.3 is 16.2 Å². The molecule has 1 rings (SSSR count). The van der Waals surface area contributed by atoms with Crippen molar-refractivity contribution in [3.63, 3.8) is 0 Å². The van der Waals surface area contributed by atoms with E-state index in [1.54, 1.807) is 0 Å². The van der Waals surface area contributed by atoms with Crippen molar-refractivity contribution in [1.29, 1.82) is 0 Å². The summed E-state index contributed by atoms with van der Waals surface area (Å²) in [6, 6.07) is 0. The molecule has 0 aromatic heterocycles. The zero-order chi connectivity index (χ0) is 9.68. The second-order valence-corrected chi connectivity index (χ2v) is 2.95. The lowest BCUT2D eigenvalue weighted by molar-refractivity contribution is 0.110. The van der Waals surface area contributed by atoms with Gasteiger partial charge in [-0.3, -0.25) is 0 Å². The summed E-state index contributed by atoms with van der Waals surface area (Å²) >= 11 is 0. The van der Waals surface area contributed by atoms with Gasteiger partial charge in [0.15, 0.2) is 0 Å². The second-order valence-electron chi connectivity index (χ2n) is 2.95. The van der Waals surface area contributed by atoms with E-state index in [1.807, 2.05) is 6.92 Å². The maximum Gasteiger partial charge on any atom is 0.211 e. The summed E-state index contributed by atoms with van der Waals surface area (Å²) in [5, 5.41) is 7.57. The van der Waals surface area contributed by atoms with Gasteiger partial charge in [-0.1, -0.05) is 0 Å². The van der Waals surface area contributed by atoms with Gasteiger partial charge in [-0.2, -0.15) is 5.10 Å². The van der Waals surface area contributed by atoms with Crippen molar-refractivity contribution in [3.05, 3.63) is 0 Å². The van der Waals surface area contributed by atoms with Crippen LogP contribution in [0.1, 0.15) is 26.2 Å². The average Bonchev–Trinajstić information content (AvgIpc) is 2.49. The predicted octanol–water partition coefficient (Wildman–Crippen LogP) is 0.205. The monoisotopic (exact) mass is 184 g/mol. The molecule has 0 heterocycles. The van der Waals surface area contributed by atoms with E-state index in [2.05, 4.69) is 10.2 Å². The highest BCUT2D eigenvalue weighted by atomic mass is 16.5. The molecule has 1 unspecified atom stereocenters. The molecule has 5 nitrogen and oxygen atoms in total. The molecule has 4 N–H and O–H groups in total. The molecule has 1 aliphatic rings. The molecular formula is C8H16N4O. The van der Waals surface area contributed by atoms with Gasteiger partial charge in [0.25, 0.3) is 0 Å². The summed E-state index contributed by atoms with van der Waals surface area (Å²) in [6.07, 6.45) is 3.17. The molecule has 1 saturated carbocycles. The smallest absolute Gasteiger partial charge is 0.211 e. The highest BCUT2D eigenvalue weighted by Crippen LogP contribution is 2.19. The molecule has 1 fully saturated rings. The minimum absolute atomic E-state index is 0.00496. The molecule has 0 bridgehead atoms. The van der Waals surface area contributed by atoms with Crippen LogP contribution in [0.5, 0.6) is 0 Å². The fourth-order valence-corrected chi connectivity index (χ4v) is 1.41. The Morgan fingerprint density at radius 2 is 2.38 bits per heavy atom. The number of hydrogen-bond donors (Lipinski definition) is 2. The molecule has 13 heavy (non-hydrogen) atoms. The Labute approximate surface area is 77.8 Å². The lowest BCUT2D eigenvalue weighted by Crippen LogP contribution is -2.23. The third kappa shape index (κ3) is 3.02. The van der Waals surface area contributed by atoms with E-state index >= 15 is 0 Å². The molecular weight excluding hydrogens is 168 g/mol. The Morgan fingerprint density at radius 1 is 1.62 bits per heavy atom. The van der Waals surface area contributed by atoms with Crippen LogP contribution < -0.4 is 11.5 Å². The molecule has 1 atom stereocenters. The number of guanidine groups is 1. The van der Waals surface area contributed by atoms with Gasteiger partial charge in [-0.05, 0) is 26.2 Å². The van der Waals surface area contributed by atoms with Crippen molar-refractivity contribution in [2.24, 2.45) is 21.7 Å². The topological polar surface area (TPSA) is 86.0 Å². The van der Waals surface area contributed by atoms with Crippen molar-refractivity contribution in [1.82, 2.24) is 0 Å². The van der Waals surface area contributed by atoms with Crippen LogP contribution in [0, 0.1) is 0 Å². The summed E-state index contributed by atoms with van der Waals surface area (Å²) < 4.78 is 5.47. The quantitative estimate of drug-likeness (QED) is 0.373. The first-order valence-corrected chi connectivity index (χ1v) is 4.51. The minimum Gasteiger partial charge on any atom is -0.372 e. The molecule has 0 aliphatic heterocycles. The molecule has 0 radical (unpaired) electrons. The van der Waals surface area contributed by atoms with E-state index in [9.17, 15) is 0 Å². The predicted molar refractivity (Wildman–Crippen MR) is 52.5 cm³/mol. The molecule has 74 valence electrons.